The molecule has 0 radical (unpaired) electrons. The summed E-state index contributed by atoms with van der Waals surface area (Å²) in [6.07, 6.45) is 5.27. The number of aromatic nitrogens is 3. The Balaban J connectivity index is 1.48. The van der Waals surface area contributed by atoms with Gasteiger partial charge in [0, 0.05) is 39.2 Å². The number of benzene rings is 1. The molecular formula is C22H27N5O3S. The van der Waals surface area contributed by atoms with Crippen LogP contribution in [0.1, 0.15) is 37.1 Å². The molecule has 4 rings (SSSR count). The molecule has 0 saturated carbocycles. The van der Waals surface area contributed by atoms with Crippen molar-refractivity contribution < 1.29 is 13.2 Å². The zero-order valence-electron chi connectivity index (χ0n) is 17.8. The summed E-state index contributed by atoms with van der Waals surface area (Å²) in [5.74, 6) is 1.11. The number of pyridine rings is 1. The van der Waals surface area contributed by atoms with E-state index in [1.54, 1.807) is 34.8 Å². The number of hydrogen-bond acceptors (Lipinski definition) is 5. The Morgan fingerprint density at radius 1 is 1.13 bits per heavy atom. The van der Waals surface area contributed by atoms with Crippen molar-refractivity contribution in [3.05, 3.63) is 47.9 Å². The summed E-state index contributed by atoms with van der Waals surface area (Å²) in [6.45, 7) is 3.07. The lowest BCUT2D eigenvalue weighted by atomic mass is 10.2. The van der Waals surface area contributed by atoms with E-state index in [9.17, 15) is 13.2 Å². The molecule has 1 fully saturated rings. The summed E-state index contributed by atoms with van der Waals surface area (Å²) in [5.41, 5.74) is 2.49. The second-order valence-corrected chi connectivity index (χ2v) is 9.91. The van der Waals surface area contributed by atoms with E-state index >= 15 is 0 Å². The van der Waals surface area contributed by atoms with Crippen molar-refractivity contribution in [2.45, 2.75) is 43.9 Å². The van der Waals surface area contributed by atoms with Gasteiger partial charge in [-0.15, -0.1) is 0 Å². The SMILES string of the molecule is Cc1ccc(NC(=O)CCc2nc3cc(S(=O)(=O)N4CCCCC4)ccc3n2C)nc1. The molecule has 2 aromatic heterocycles. The lowest BCUT2D eigenvalue weighted by molar-refractivity contribution is -0.116. The van der Waals surface area contributed by atoms with E-state index in [0.717, 1.165) is 36.2 Å². The minimum atomic E-state index is -3.51. The Hall–Kier alpha value is -2.78. The monoisotopic (exact) mass is 441 g/mol. The van der Waals surface area contributed by atoms with Gasteiger partial charge in [0.15, 0.2) is 0 Å². The van der Waals surface area contributed by atoms with Gasteiger partial charge in [0.05, 0.1) is 15.9 Å². The molecule has 9 heteroatoms. The van der Waals surface area contributed by atoms with Crippen molar-refractivity contribution in [3.63, 3.8) is 0 Å². The Morgan fingerprint density at radius 2 is 1.90 bits per heavy atom. The average Bonchev–Trinajstić information content (AvgIpc) is 3.09. The van der Waals surface area contributed by atoms with Crippen LogP contribution in [-0.4, -0.2) is 46.3 Å². The molecule has 0 bridgehead atoms. The molecule has 1 N–H and O–H groups in total. The van der Waals surface area contributed by atoms with Crippen LogP contribution >= 0.6 is 0 Å². The Kier molecular flexibility index (Phi) is 6.06. The number of aryl methyl sites for hydroxylation is 3. The van der Waals surface area contributed by atoms with E-state index in [1.165, 1.54) is 0 Å². The molecular weight excluding hydrogens is 414 g/mol. The average molecular weight is 442 g/mol. The molecule has 8 nitrogen and oxygen atoms in total. The molecule has 3 heterocycles. The highest BCUT2D eigenvalue weighted by Crippen LogP contribution is 2.25. The highest BCUT2D eigenvalue weighted by molar-refractivity contribution is 7.89. The minimum Gasteiger partial charge on any atom is -0.331 e. The van der Waals surface area contributed by atoms with Gasteiger partial charge in [0.2, 0.25) is 15.9 Å². The smallest absolute Gasteiger partial charge is 0.243 e. The number of fused-ring (bicyclic) bond motifs is 1. The predicted molar refractivity (Wildman–Crippen MR) is 119 cm³/mol. The number of rotatable bonds is 6. The minimum absolute atomic E-state index is 0.142. The number of sulfonamides is 1. The first kappa shape index (κ1) is 21.5. The second-order valence-electron chi connectivity index (χ2n) is 7.97. The summed E-state index contributed by atoms with van der Waals surface area (Å²) in [4.78, 5) is 21.3. The number of imidazole rings is 1. The standard InChI is InChI=1S/C22H27N5O3S/c1-16-6-9-20(23-15-16)25-22(28)11-10-21-24-18-14-17(7-8-19(18)26(21)2)31(29,30)27-12-4-3-5-13-27/h6-9,14-15H,3-5,10-13H2,1-2H3,(H,23,25,28). The van der Waals surface area contributed by atoms with Crippen LogP contribution in [0.3, 0.4) is 0 Å². The van der Waals surface area contributed by atoms with Crippen molar-refractivity contribution in [1.82, 2.24) is 18.8 Å². The lowest BCUT2D eigenvalue weighted by Crippen LogP contribution is -2.35. The molecule has 1 amide bonds. The van der Waals surface area contributed by atoms with E-state index < -0.39 is 10.0 Å². The Labute approximate surface area is 182 Å². The maximum Gasteiger partial charge on any atom is 0.243 e. The molecule has 1 saturated heterocycles. The van der Waals surface area contributed by atoms with Crippen LogP contribution in [0.5, 0.6) is 0 Å². The topological polar surface area (TPSA) is 97.2 Å². The van der Waals surface area contributed by atoms with Crippen LogP contribution in [0.15, 0.2) is 41.4 Å². The van der Waals surface area contributed by atoms with Gasteiger partial charge in [0.25, 0.3) is 0 Å². The molecule has 0 aliphatic carbocycles. The fourth-order valence-corrected chi connectivity index (χ4v) is 5.38. The first-order valence-electron chi connectivity index (χ1n) is 10.5. The third-order valence-corrected chi connectivity index (χ3v) is 7.55. The van der Waals surface area contributed by atoms with Crippen LogP contribution in [0.4, 0.5) is 5.82 Å². The molecule has 0 spiro atoms. The van der Waals surface area contributed by atoms with E-state index in [1.807, 2.05) is 24.6 Å². The first-order chi connectivity index (χ1) is 14.8. The molecule has 3 aromatic rings. The maximum atomic E-state index is 13.0. The molecule has 1 aliphatic rings. The van der Waals surface area contributed by atoms with Gasteiger partial charge >= 0.3 is 0 Å². The van der Waals surface area contributed by atoms with Crippen LogP contribution in [0.2, 0.25) is 0 Å². The van der Waals surface area contributed by atoms with Crippen molar-refractivity contribution in [1.29, 1.82) is 0 Å². The normalized spacial score (nSPS) is 15.3. The van der Waals surface area contributed by atoms with Crippen molar-refractivity contribution in [3.8, 4) is 0 Å². The predicted octanol–water partition coefficient (Wildman–Crippen LogP) is 3.02. The summed E-state index contributed by atoms with van der Waals surface area (Å²) in [5, 5.41) is 2.79. The third-order valence-electron chi connectivity index (χ3n) is 5.65. The first-order valence-corrected chi connectivity index (χ1v) is 12.0. The van der Waals surface area contributed by atoms with Gasteiger partial charge in [-0.2, -0.15) is 4.31 Å². The van der Waals surface area contributed by atoms with Gasteiger partial charge < -0.3 is 9.88 Å². The van der Waals surface area contributed by atoms with Crippen LogP contribution in [-0.2, 0) is 28.3 Å². The molecule has 1 aliphatic heterocycles. The number of hydrogen-bond donors (Lipinski definition) is 1. The van der Waals surface area contributed by atoms with Crippen LogP contribution < -0.4 is 5.32 Å². The fraction of sp³-hybridized carbons (Fsp3) is 0.409. The number of carbonyl (C=O) groups is 1. The number of nitrogens with zero attached hydrogens (tertiary/aromatic N) is 4. The van der Waals surface area contributed by atoms with Crippen molar-refractivity contribution in [2.24, 2.45) is 7.05 Å². The van der Waals surface area contributed by atoms with Gasteiger partial charge in [-0.1, -0.05) is 12.5 Å². The van der Waals surface area contributed by atoms with Crippen molar-refractivity contribution in [2.75, 3.05) is 18.4 Å². The Bertz CT molecular complexity index is 1200. The van der Waals surface area contributed by atoms with Gasteiger partial charge in [0.1, 0.15) is 11.6 Å². The fourth-order valence-electron chi connectivity index (χ4n) is 3.84. The zero-order chi connectivity index (χ0) is 22.0. The largest absolute Gasteiger partial charge is 0.331 e. The molecule has 0 unspecified atom stereocenters. The summed E-state index contributed by atoms with van der Waals surface area (Å²) in [6, 6.07) is 8.74. The molecule has 164 valence electrons. The van der Waals surface area contributed by atoms with E-state index in [-0.39, 0.29) is 17.2 Å². The molecule has 0 atom stereocenters. The quantitative estimate of drug-likeness (QED) is 0.634. The second kappa shape index (κ2) is 8.76. The number of piperidine rings is 1. The van der Waals surface area contributed by atoms with E-state index in [0.29, 0.717) is 30.8 Å². The molecule has 31 heavy (non-hydrogen) atoms. The summed E-state index contributed by atoms with van der Waals surface area (Å²) >= 11 is 0. The Morgan fingerprint density at radius 3 is 2.61 bits per heavy atom. The summed E-state index contributed by atoms with van der Waals surface area (Å²) < 4.78 is 29.4. The molecule has 1 aromatic carbocycles. The van der Waals surface area contributed by atoms with Crippen LogP contribution in [0, 0.1) is 6.92 Å². The maximum absolute atomic E-state index is 13.0. The third kappa shape index (κ3) is 4.62. The summed E-state index contributed by atoms with van der Waals surface area (Å²) in [7, 11) is -1.63. The van der Waals surface area contributed by atoms with E-state index in [2.05, 4.69) is 15.3 Å². The van der Waals surface area contributed by atoms with E-state index in [4.69, 9.17) is 0 Å². The van der Waals surface area contributed by atoms with Gasteiger partial charge in [-0.05, 0) is 49.6 Å². The van der Waals surface area contributed by atoms with Crippen LogP contribution in [0.25, 0.3) is 11.0 Å². The van der Waals surface area contributed by atoms with Gasteiger partial charge in [-0.25, -0.2) is 18.4 Å². The number of amides is 1. The lowest BCUT2D eigenvalue weighted by Gasteiger charge is -2.25. The highest BCUT2D eigenvalue weighted by atomic mass is 32.2. The highest BCUT2D eigenvalue weighted by Gasteiger charge is 2.26. The number of nitrogens with one attached hydrogen (secondary N) is 1. The number of anilines is 1. The zero-order valence-corrected chi connectivity index (χ0v) is 18.7. The number of carbonyl (C=O) groups excluding carboxylic acids is 1. The van der Waals surface area contributed by atoms with Gasteiger partial charge in [-0.3, -0.25) is 4.79 Å². The van der Waals surface area contributed by atoms with Crippen molar-refractivity contribution >= 4 is 32.8 Å².